The molecule has 0 aromatic heterocycles. The monoisotopic (exact) mass is 323 g/mol. The van der Waals surface area contributed by atoms with Crippen molar-refractivity contribution in [2.45, 2.75) is 0 Å². The summed E-state index contributed by atoms with van der Waals surface area (Å²) in [6, 6.07) is 5.71. The Balaban J connectivity index is 0. The van der Waals surface area contributed by atoms with E-state index in [1.165, 1.54) is 24.3 Å². The maximum Gasteiger partial charge on any atom is 0.158 e. The van der Waals surface area contributed by atoms with Gasteiger partial charge in [0.25, 0.3) is 0 Å². The third-order valence-corrected chi connectivity index (χ3v) is 0.697. The van der Waals surface area contributed by atoms with E-state index in [1.54, 1.807) is 0 Å². The summed E-state index contributed by atoms with van der Waals surface area (Å²) in [4.78, 5) is 0. The molecule has 0 unspecified atom stereocenters. The molecule has 4 nitrogen and oxygen atoms in total. The molecule has 0 saturated carbocycles. The van der Waals surface area contributed by atoms with Crippen molar-refractivity contribution in [1.82, 2.24) is 0 Å². The van der Waals surface area contributed by atoms with Crippen LogP contribution in [0.15, 0.2) is 11.1 Å². The largest absolute Gasteiger partial charge is 0.192 e. The molecule has 0 aromatic carbocycles. The summed E-state index contributed by atoms with van der Waals surface area (Å²) in [5.41, 5.74) is -0.880. The van der Waals surface area contributed by atoms with Crippen LogP contribution < -0.4 is 0 Å². The number of nitrogens with zero attached hydrogens (tertiary/aromatic N) is 4. The van der Waals surface area contributed by atoms with Gasteiger partial charge >= 0.3 is 0 Å². The molecule has 0 aromatic rings. The van der Waals surface area contributed by atoms with Crippen molar-refractivity contribution in [1.29, 1.82) is 21.0 Å². The summed E-state index contributed by atoms with van der Waals surface area (Å²) in [5.74, 6) is 0. The van der Waals surface area contributed by atoms with E-state index in [9.17, 15) is 0 Å². The minimum atomic E-state index is -0.440. The Morgan fingerprint density at radius 3 is 0.909 bits per heavy atom. The fraction of sp³-hybridized carbons (Fsp3) is 0. The fourth-order valence-electron chi connectivity index (χ4n) is 0.274. The molecule has 0 aliphatic heterocycles. The number of hydrogen-bond acceptors (Lipinski definition) is 4. The van der Waals surface area contributed by atoms with E-state index in [-0.39, 0.29) is 21.1 Å². The summed E-state index contributed by atoms with van der Waals surface area (Å²) in [7, 11) is 0. The van der Waals surface area contributed by atoms with Crippen LogP contribution in [0.25, 0.3) is 0 Å². The first kappa shape index (κ1) is 12.1. The van der Waals surface area contributed by atoms with Crippen LogP contribution in [0.5, 0.6) is 0 Å². The van der Waals surface area contributed by atoms with Gasteiger partial charge in [-0.25, -0.2) is 0 Å². The van der Waals surface area contributed by atoms with Gasteiger partial charge < -0.3 is 0 Å². The molecule has 0 aliphatic carbocycles. The summed E-state index contributed by atoms with van der Waals surface area (Å²) < 4.78 is 0. The first-order valence-electron chi connectivity index (χ1n) is 2.14. The molecule has 0 atom stereocenters. The Bertz CT molecular complexity index is 262. The third kappa shape index (κ3) is 3.17. The zero-order chi connectivity index (χ0) is 7.98. The molecule has 0 aliphatic rings. The average molecular weight is 323 g/mol. The predicted molar refractivity (Wildman–Crippen MR) is 29.5 cm³/mol. The molecule has 0 bridgehead atoms. The van der Waals surface area contributed by atoms with E-state index in [0.29, 0.717) is 0 Å². The van der Waals surface area contributed by atoms with E-state index in [2.05, 4.69) is 0 Å². The van der Waals surface area contributed by atoms with Gasteiger partial charge in [-0.15, -0.1) is 0 Å². The molecular weight excluding hydrogens is 323 g/mol. The Hall–Kier alpha value is -1.61. The van der Waals surface area contributed by atoms with Crippen molar-refractivity contribution in [3.8, 4) is 24.3 Å². The fourth-order valence-corrected chi connectivity index (χ4v) is 0.274. The average Bonchev–Trinajstić information content (AvgIpc) is 2.00. The van der Waals surface area contributed by atoms with E-state index >= 15 is 0 Å². The van der Waals surface area contributed by atoms with Crippen LogP contribution in [0.3, 0.4) is 0 Å². The smallest absolute Gasteiger partial charge is 0.158 e. The van der Waals surface area contributed by atoms with Crippen LogP contribution >= 0.6 is 0 Å². The Labute approximate surface area is 77.8 Å². The molecule has 0 heterocycles. The summed E-state index contributed by atoms with van der Waals surface area (Å²) in [5, 5.41) is 32.5. The van der Waals surface area contributed by atoms with Crippen molar-refractivity contribution in [3.63, 3.8) is 0 Å². The minimum Gasteiger partial charge on any atom is -0.192 e. The standard InChI is InChI=1S/C6N4.Pt/c7-1-5(2-8)6(3-9)4-10;. The topological polar surface area (TPSA) is 95.2 Å². The summed E-state index contributed by atoms with van der Waals surface area (Å²) in [6.45, 7) is 0. The van der Waals surface area contributed by atoms with Crippen molar-refractivity contribution >= 4 is 0 Å². The first-order chi connectivity index (χ1) is 4.79. The van der Waals surface area contributed by atoms with Crippen molar-refractivity contribution in [3.05, 3.63) is 11.1 Å². The van der Waals surface area contributed by atoms with Crippen LogP contribution in [0.1, 0.15) is 0 Å². The zero-order valence-electron chi connectivity index (χ0n) is 5.11. The maximum absolute atomic E-state index is 8.13. The van der Waals surface area contributed by atoms with Crippen LogP contribution in [0.4, 0.5) is 0 Å². The van der Waals surface area contributed by atoms with Crippen molar-refractivity contribution in [2.24, 2.45) is 0 Å². The molecule has 0 saturated heterocycles. The van der Waals surface area contributed by atoms with Gasteiger partial charge in [0.1, 0.15) is 24.3 Å². The summed E-state index contributed by atoms with van der Waals surface area (Å²) in [6.07, 6.45) is 0. The second kappa shape index (κ2) is 6.51. The Kier molecular flexibility index (Phi) is 7.16. The maximum atomic E-state index is 8.13. The predicted octanol–water partition coefficient (Wildman–Crippen LogP) is 0.375. The second-order valence-corrected chi connectivity index (χ2v) is 1.20. The van der Waals surface area contributed by atoms with Gasteiger partial charge in [-0.1, -0.05) is 0 Å². The number of hydrogen-bond donors (Lipinski definition) is 0. The van der Waals surface area contributed by atoms with Crippen molar-refractivity contribution in [2.75, 3.05) is 0 Å². The molecule has 0 spiro atoms. The quantitative estimate of drug-likeness (QED) is 0.602. The van der Waals surface area contributed by atoms with Gasteiger partial charge in [0, 0.05) is 21.1 Å². The van der Waals surface area contributed by atoms with Gasteiger partial charge in [0.15, 0.2) is 11.1 Å². The van der Waals surface area contributed by atoms with Crippen LogP contribution in [0, 0.1) is 45.3 Å². The van der Waals surface area contributed by atoms with Crippen LogP contribution in [-0.2, 0) is 21.1 Å². The molecule has 54 valence electrons. The van der Waals surface area contributed by atoms with E-state index in [1.807, 2.05) is 0 Å². The number of nitriles is 4. The van der Waals surface area contributed by atoms with Crippen molar-refractivity contribution < 1.29 is 21.1 Å². The normalized spacial score (nSPS) is 5.09. The first-order valence-corrected chi connectivity index (χ1v) is 2.14. The van der Waals surface area contributed by atoms with Crippen LogP contribution in [-0.4, -0.2) is 0 Å². The molecule has 11 heavy (non-hydrogen) atoms. The van der Waals surface area contributed by atoms with Crippen LogP contribution in [0.2, 0.25) is 0 Å². The van der Waals surface area contributed by atoms with Gasteiger partial charge in [-0.05, 0) is 0 Å². The van der Waals surface area contributed by atoms with Gasteiger partial charge in [-0.2, -0.15) is 21.0 Å². The minimum absolute atomic E-state index is 0. The molecule has 5 heteroatoms. The zero-order valence-corrected chi connectivity index (χ0v) is 7.38. The number of rotatable bonds is 0. The molecule has 0 N–H and O–H groups in total. The second-order valence-electron chi connectivity index (χ2n) is 1.20. The molecule has 0 amide bonds. The molecule has 0 radical (unpaired) electrons. The Morgan fingerprint density at radius 2 is 0.818 bits per heavy atom. The van der Waals surface area contributed by atoms with Gasteiger partial charge in [0.05, 0.1) is 0 Å². The van der Waals surface area contributed by atoms with Gasteiger partial charge in [-0.3, -0.25) is 0 Å². The molecule has 0 fully saturated rings. The molecular formula is C6N4Pt. The Morgan fingerprint density at radius 1 is 0.636 bits per heavy atom. The van der Waals surface area contributed by atoms with Gasteiger partial charge in [0.2, 0.25) is 0 Å². The van der Waals surface area contributed by atoms with E-state index in [0.717, 1.165) is 0 Å². The molecule has 0 rings (SSSR count). The third-order valence-electron chi connectivity index (χ3n) is 0.697. The summed E-state index contributed by atoms with van der Waals surface area (Å²) >= 11 is 0. The SMILES string of the molecule is N#CC(C#N)=C(C#N)C#N.[Pt]. The van der Waals surface area contributed by atoms with E-state index < -0.39 is 11.1 Å². The number of allylic oxidation sites excluding steroid dienone is 2. The van der Waals surface area contributed by atoms with E-state index in [4.69, 9.17) is 21.0 Å².